The van der Waals surface area contributed by atoms with Crippen molar-refractivity contribution >= 4 is 17.5 Å². The van der Waals surface area contributed by atoms with E-state index in [0.717, 1.165) is 51.3 Å². The molecular formula is C22H37N5O3+2. The van der Waals surface area contributed by atoms with Crippen molar-refractivity contribution in [3.8, 4) is 0 Å². The number of carbonyl (C=O) groups is 2. The van der Waals surface area contributed by atoms with Crippen LogP contribution in [0.3, 0.4) is 0 Å². The molecule has 8 heteroatoms. The van der Waals surface area contributed by atoms with Crippen LogP contribution >= 0.6 is 0 Å². The highest BCUT2D eigenvalue weighted by Crippen LogP contribution is 2.16. The second kappa shape index (κ2) is 10.7. The Morgan fingerprint density at radius 2 is 1.77 bits per heavy atom. The van der Waals surface area contributed by atoms with Crippen molar-refractivity contribution in [2.45, 2.75) is 25.0 Å². The Hall–Kier alpha value is -2.16. The molecule has 30 heavy (non-hydrogen) atoms. The minimum atomic E-state index is -0.579. The average molecular weight is 420 g/mol. The van der Waals surface area contributed by atoms with Gasteiger partial charge in [0.2, 0.25) is 0 Å². The molecule has 2 aliphatic rings. The molecule has 166 valence electrons. The van der Waals surface area contributed by atoms with E-state index in [1.165, 1.54) is 15.4 Å². The lowest BCUT2D eigenvalue weighted by atomic mass is 10.0. The fourth-order valence-electron chi connectivity index (χ4n) is 4.22. The molecule has 8 nitrogen and oxygen atoms in total. The summed E-state index contributed by atoms with van der Waals surface area (Å²) in [6, 6.07) is 8.63. The van der Waals surface area contributed by atoms with E-state index in [4.69, 9.17) is 4.74 Å². The first-order valence-corrected chi connectivity index (χ1v) is 11.0. The van der Waals surface area contributed by atoms with Crippen LogP contribution in [0.4, 0.5) is 5.69 Å². The minimum Gasteiger partial charge on any atom is -0.378 e. The molecule has 2 fully saturated rings. The molecule has 0 aromatic heterocycles. The summed E-state index contributed by atoms with van der Waals surface area (Å²) in [7, 11) is 6.27. The third kappa shape index (κ3) is 6.17. The molecule has 2 saturated heterocycles. The standard InChI is InChI=1S/C22H35N5O3/c1-25(2)18-8-6-17(7-9-18)20(27-12-10-26(3)11-13-27)16-24-22(29)21(28)23-15-19-5-4-14-30-19/h6-9,19-20H,4-5,10-16H2,1-3H3,(H,23,28)(H,24,29)/p+2/t19-,20-/m1/s1. The van der Waals surface area contributed by atoms with Gasteiger partial charge in [0.1, 0.15) is 32.2 Å². The van der Waals surface area contributed by atoms with E-state index in [-0.39, 0.29) is 12.1 Å². The summed E-state index contributed by atoms with van der Waals surface area (Å²) in [5, 5.41) is 5.57. The van der Waals surface area contributed by atoms with Crippen LogP contribution in [-0.4, -0.2) is 84.9 Å². The Labute approximate surface area is 179 Å². The van der Waals surface area contributed by atoms with Gasteiger partial charge >= 0.3 is 11.8 Å². The molecule has 3 rings (SSSR count). The Morgan fingerprint density at radius 3 is 2.37 bits per heavy atom. The van der Waals surface area contributed by atoms with E-state index in [9.17, 15) is 9.59 Å². The van der Waals surface area contributed by atoms with Gasteiger partial charge in [-0.15, -0.1) is 0 Å². The minimum absolute atomic E-state index is 0.0296. The van der Waals surface area contributed by atoms with Crippen LogP contribution in [0.1, 0.15) is 24.4 Å². The third-order valence-corrected chi connectivity index (χ3v) is 6.24. The fourth-order valence-corrected chi connectivity index (χ4v) is 4.22. The van der Waals surface area contributed by atoms with Crippen molar-refractivity contribution in [1.29, 1.82) is 0 Å². The lowest BCUT2D eigenvalue weighted by molar-refractivity contribution is -1.02. The zero-order chi connectivity index (χ0) is 21.5. The summed E-state index contributed by atoms with van der Waals surface area (Å²) in [5.74, 6) is -1.15. The summed E-state index contributed by atoms with van der Waals surface area (Å²) in [6.45, 7) is 5.89. The molecular weight excluding hydrogens is 382 g/mol. The first-order valence-electron chi connectivity index (χ1n) is 11.0. The van der Waals surface area contributed by atoms with Crippen molar-refractivity contribution in [2.75, 3.05) is 71.9 Å². The highest BCUT2D eigenvalue weighted by molar-refractivity contribution is 6.35. The third-order valence-electron chi connectivity index (χ3n) is 6.24. The van der Waals surface area contributed by atoms with Crippen LogP contribution < -0.4 is 25.3 Å². The van der Waals surface area contributed by atoms with Crippen molar-refractivity contribution in [1.82, 2.24) is 10.6 Å². The predicted octanol–water partition coefficient (Wildman–Crippen LogP) is -2.38. The molecule has 0 radical (unpaired) electrons. The maximum Gasteiger partial charge on any atom is 0.309 e. The Kier molecular flexibility index (Phi) is 8.07. The summed E-state index contributed by atoms with van der Waals surface area (Å²) in [4.78, 5) is 29.6. The number of quaternary nitrogens is 2. The van der Waals surface area contributed by atoms with Crippen molar-refractivity contribution in [3.63, 3.8) is 0 Å². The predicted molar refractivity (Wildman–Crippen MR) is 116 cm³/mol. The number of ether oxygens (including phenoxy) is 1. The van der Waals surface area contributed by atoms with Gasteiger partial charge in [-0.2, -0.15) is 0 Å². The van der Waals surface area contributed by atoms with Gasteiger partial charge in [-0.05, 0) is 25.0 Å². The fraction of sp³-hybridized carbons (Fsp3) is 0.636. The molecule has 1 aromatic rings. The zero-order valence-corrected chi connectivity index (χ0v) is 18.5. The molecule has 1 aromatic carbocycles. The average Bonchev–Trinajstić information content (AvgIpc) is 3.27. The van der Waals surface area contributed by atoms with Crippen molar-refractivity contribution in [3.05, 3.63) is 29.8 Å². The zero-order valence-electron chi connectivity index (χ0n) is 18.5. The number of likely N-dealkylation sites (N-methyl/N-ethyl adjacent to an activating group) is 1. The van der Waals surface area contributed by atoms with Crippen molar-refractivity contribution in [2.24, 2.45) is 0 Å². The van der Waals surface area contributed by atoms with E-state index in [0.29, 0.717) is 13.1 Å². The normalized spacial score (nSPS) is 24.8. The Bertz CT molecular complexity index is 695. The first kappa shape index (κ1) is 22.5. The number of amides is 2. The Balaban J connectivity index is 1.60. The van der Waals surface area contributed by atoms with Gasteiger partial charge in [0.15, 0.2) is 0 Å². The largest absolute Gasteiger partial charge is 0.378 e. The second-order valence-electron chi connectivity index (χ2n) is 8.71. The van der Waals surface area contributed by atoms with E-state index >= 15 is 0 Å². The quantitative estimate of drug-likeness (QED) is 0.372. The number of benzene rings is 1. The number of nitrogens with zero attached hydrogens (tertiary/aromatic N) is 1. The maximum absolute atomic E-state index is 12.4. The SMILES string of the molecule is CN(C)c1ccc([C@@H](CNC(=O)C(=O)NC[C@H]2CCCO2)[NH+]2CC[NH+](C)CC2)cc1. The van der Waals surface area contributed by atoms with Crippen LogP contribution in [0.15, 0.2) is 24.3 Å². The smallest absolute Gasteiger partial charge is 0.309 e. The summed E-state index contributed by atoms with van der Waals surface area (Å²) < 4.78 is 5.50. The summed E-state index contributed by atoms with van der Waals surface area (Å²) in [6.07, 6.45) is 1.97. The van der Waals surface area contributed by atoms with Gasteiger partial charge in [0.05, 0.1) is 19.7 Å². The van der Waals surface area contributed by atoms with Gasteiger partial charge in [-0.1, -0.05) is 12.1 Å². The van der Waals surface area contributed by atoms with Crippen LogP contribution in [0, 0.1) is 0 Å². The topological polar surface area (TPSA) is 79.5 Å². The van der Waals surface area contributed by atoms with Gasteiger partial charge in [-0.25, -0.2) is 0 Å². The monoisotopic (exact) mass is 419 g/mol. The van der Waals surface area contributed by atoms with Crippen LogP contribution in [0.25, 0.3) is 0 Å². The maximum atomic E-state index is 12.4. The van der Waals surface area contributed by atoms with Crippen LogP contribution in [0.2, 0.25) is 0 Å². The first-order chi connectivity index (χ1) is 14.4. The molecule has 2 atom stereocenters. The molecule has 2 heterocycles. The van der Waals surface area contributed by atoms with Gasteiger partial charge < -0.3 is 30.1 Å². The second-order valence-corrected chi connectivity index (χ2v) is 8.71. The number of hydrogen-bond donors (Lipinski definition) is 4. The summed E-state index contributed by atoms with van der Waals surface area (Å²) >= 11 is 0. The van der Waals surface area contributed by atoms with E-state index in [2.05, 4.69) is 46.8 Å². The number of nitrogens with one attached hydrogen (secondary N) is 4. The molecule has 0 saturated carbocycles. The van der Waals surface area contributed by atoms with E-state index < -0.39 is 11.8 Å². The lowest BCUT2D eigenvalue weighted by Crippen LogP contribution is -3.27. The van der Waals surface area contributed by atoms with E-state index in [1.807, 2.05) is 14.1 Å². The van der Waals surface area contributed by atoms with E-state index in [1.54, 1.807) is 0 Å². The highest BCUT2D eigenvalue weighted by atomic mass is 16.5. The number of hydrogen-bond acceptors (Lipinski definition) is 4. The Morgan fingerprint density at radius 1 is 1.10 bits per heavy atom. The molecule has 0 bridgehead atoms. The lowest BCUT2D eigenvalue weighted by Gasteiger charge is -2.33. The molecule has 2 aliphatic heterocycles. The van der Waals surface area contributed by atoms with Gasteiger partial charge in [-0.3, -0.25) is 9.59 Å². The van der Waals surface area contributed by atoms with Gasteiger partial charge in [0, 0.05) is 38.5 Å². The van der Waals surface area contributed by atoms with Crippen LogP contribution in [0.5, 0.6) is 0 Å². The summed E-state index contributed by atoms with van der Waals surface area (Å²) in [5.41, 5.74) is 2.34. The molecule has 0 unspecified atom stereocenters. The molecule has 2 amide bonds. The molecule has 0 spiro atoms. The van der Waals surface area contributed by atoms with Crippen LogP contribution in [-0.2, 0) is 14.3 Å². The number of carbonyl (C=O) groups excluding carboxylic acids is 2. The number of rotatable bonds is 7. The molecule has 4 N–H and O–H groups in total. The molecule has 0 aliphatic carbocycles. The van der Waals surface area contributed by atoms with Crippen molar-refractivity contribution < 1.29 is 24.1 Å². The number of anilines is 1. The van der Waals surface area contributed by atoms with Gasteiger partial charge in [0.25, 0.3) is 0 Å². The number of piperazine rings is 1. The highest BCUT2D eigenvalue weighted by Gasteiger charge is 2.30.